The molecule has 1 amide bonds. The van der Waals surface area contributed by atoms with Gasteiger partial charge in [0.15, 0.2) is 0 Å². The third kappa shape index (κ3) is 3.97. The van der Waals surface area contributed by atoms with E-state index in [9.17, 15) is 26.4 Å². The summed E-state index contributed by atoms with van der Waals surface area (Å²) in [5, 5.41) is -1.49. The molecule has 2 aliphatic heterocycles. The number of rotatable bonds is 5. The van der Waals surface area contributed by atoms with Gasteiger partial charge in [0.25, 0.3) is 0 Å². The second-order valence-electron chi connectivity index (χ2n) is 6.26. The van der Waals surface area contributed by atoms with E-state index in [1.165, 1.54) is 19.0 Å². The van der Waals surface area contributed by atoms with Gasteiger partial charge in [-0.1, -0.05) is 0 Å². The molecule has 0 aliphatic carbocycles. The van der Waals surface area contributed by atoms with Crippen LogP contribution < -0.4 is 0 Å². The van der Waals surface area contributed by atoms with Crippen LogP contribution in [0.15, 0.2) is 0 Å². The first-order chi connectivity index (χ1) is 10.5. The number of sulfonamides is 1. The van der Waals surface area contributed by atoms with Gasteiger partial charge in [0.2, 0.25) is 15.9 Å². The minimum atomic E-state index is -4.56. The fourth-order valence-corrected chi connectivity index (χ4v) is 4.72. The summed E-state index contributed by atoms with van der Waals surface area (Å²) in [5.41, 5.74) is 0. The van der Waals surface area contributed by atoms with Gasteiger partial charge in [0.1, 0.15) is 5.25 Å². The number of hydrogen-bond donors (Lipinski definition) is 0. The number of alkyl halides is 3. The van der Waals surface area contributed by atoms with Crippen molar-refractivity contribution in [2.75, 3.05) is 46.8 Å². The van der Waals surface area contributed by atoms with Crippen molar-refractivity contribution in [2.45, 2.75) is 24.3 Å². The Bertz CT molecular complexity index is 550. The third-order valence-electron chi connectivity index (χ3n) is 4.51. The van der Waals surface area contributed by atoms with E-state index in [0.717, 1.165) is 10.7 Å². The molecule has 2 heterocycles. The first-order valence-corrected chi connectivity index (χ1v) is 9.02. The van der Waals surface area contributed by atoms with Crippen LogP contribution in [0.5, 0.6) is 0 Å². The molecule has 0 bridgehead atoms. The summed E-state index contributed by atoms with van der Waals surface area (Å²) in [6.45, 7) is 0.723. The van der Waals surface area contributed by atoms with Crippen molar-refractivity contribution in [3.8, 4) is 0 Å². The van der Waals surface area contributed by atoms with Gasteiger partial charge in [-0.05, 0) is 6.42 Å². The van der Waals surface area contributed by atoms with E-state index >= 15 is 0 Å². The molecule has 0 spiro atoms. The van der Waals surface area contributed by atoms with Crippen molar-refractivity contribution in [2.24, 2.45) is 5.92 Å². The Balaban J connectivity index is 2.06. The molecule has 23 heavy (non-hydrogen) atoms. The molecule has 2 atom stereocenters. The predicted molar refractivity (Wildman–Crippen MR) is 78.2 cm³/mol. The largest absolute Gasteiger partial charge is 0.394 e. The summed E-state index contributed by atoms with van der Waals surface area (Å²) in [6, 6.07) is 0. The Hall–Kier alpha value is -0.870. The Morgan fingerprint density at radius 3 is 2.35 bits per heavy atom. The second kappa shape index (κ2) is 6.56. The van der Waals surface area contributed by atoms with Crippen LogP contribution in [-0.2, 0) is 14.8 Å². The molecule has 0 unspecified atom stereocenters. The van der Waals surface area contributed by atoms with Crippen LogP contribution in [0.4, 0.5) is 13.2 Å². The molecule has 2 saturated heterocycles. The van der Waals surface area contributed by atoms with E-state index in [1.807, 2.05) is 0 Å². The molecule has 2 aliphatic rings. The first kappa shape index (κ1) is 18.5. The number of carbonyl (C=O) groups is 1. The molecule has 0 aromatic carbocycles. The molecule has 10 heteroatoms. The minimum absolute atomic E-state index is 0.00836. The highest BCUT2D eigenvalue weighted by atomic mass is 32.2. The second-order valence-corrected chi connectivity index (χ2v) is 8.62. The molecule has 0 saturated carbocycles. The van der Waals surface area contributed by atoms with Crippen molar-refractivity contribution < 1.29 is 26.4 Å². The average molecular weight is 357 g/mol. The SMILES string of the molecule is CN(C)S(=O)(=O)[C@@H]1CN(CCN2CCCC2=O)C[C@H]1C(F)(F)F. The Morgan fingerprint density at radius 2 is 1.87 bits per heavy atom. The van der Waals surface area contributed by atoms with Gasteiger partial charge in [-0.3, -0.25) is 9.69 Å². The number of hydrogen-bond acceptors (Lipinski definition) is 4. The van der Waals surface area contributed by atoms with Crippen molar-refractivity contribution >= 4 is 15.9 Å². The van der Waals surface area contributed by atoms with Crippen LogP contribution >= 0.6 is 0 Å². The van der Waals surface area contributed by atoms with Gasteiger partial charge in [0.05, 0.1) is 5.92 Å². The molecule has 2 fully saturated rings. The van der Waals surface area contributed by atoms with Crippen LogP contribution in [0.1, 0.15) is 12.8 Å². The highest BCUT2D eigenvalue weighted by Gasteiger charge is 2.54. The van der Waals surface area contributed by atoms with Crippen molar-refractivity contribution in [3.05, 3.63) is 0 Å². The maximum absolute atomic E-state index is 13.2. The van der Waals surface area contributed by atoms with Gasteiger partial charge in [-0.25, -0.2) is 12.7 Å². The lowest BCUT2D eigenvalue weighted by molar-refractivity contribution is -0.169. The normalized spacial score (nSPS) is 27.4. The zero-order valence-electron chi connectivity index (χ0n) is 13.2. The molecular weight excluding hydrogens is 335 g/mol. The van der Waals surface area contributed by atoms with Crippen LogP contribution in [0.2, 0.25) is 0 Å². The van der Waals surface area contributed by atoms with E-state index in [0.29, 0.717) is 19.5 Å². The number of carbonyl (C=O) groups excluding carboxylic acids is 1. The van der Waals surface area contributed by atoms with Crippen molar-refractivity contribution in [1.82, 2.24) is 14.1 Å². The molecule has 134 valence electrons. The maximum Gasteiger partial charge on any atom is 0.394 e. The number of amides is 1. The molecule has 6 nitrogen and oxygen atoms in total. The summed E-state index contributed by atoms with van der Waals surface area (Å²) in [4.78, 5) is 14.7. The van der Waals surface area contributed by atoms with Crippen LogP contribution in [0, 0.1) is 5.92 Å². The summed E-state index contributed by atoms with van der Waals surface area (Å²) in [6.07, 6.45) is -3.32. The van der Waals surface area contributed by atoms with E-state index in [2.05, 4.69) is 0 Å². The predicted octanol–water partition coefficient (Wildman–Crippen LogP) is 0.363. The topological polar surface area (TPSA) is 60.9 Å². The fourth-order valence-electron chi connectivity index (χ4n) is 3.12. The number of halogens is 3. The third-order valence-corrected chi connectivity index (χ3v) is 6.77. The van der Waals surface area contributed by atoms with E-state index in [1.54, 1.807) is 4.90 Å². The Morgan fingerprint density at radius 1 is 1.22 bits per heavy atom. The van der Waals surface area contributed by atoms with Crippen LogP contribution in [0.25, 0.3) is 0 Å². The van der Waals surface area contributed by atoms with Crippen molar-refractivity contribution in [1.29, 1.82) is 0 Å². The summed E-state index contributed by atoms with van der Waals surface area (Å²) < 4.78 is 64.8. The first-order valence-electron chi connectivity index (χ1n) is 7.51. The van der Waals surface area contributed by atoms with E-state index < -0.39 is 27.4 Å². The zero-order chi connectivity index (χ0) is 17.4. The number of likely N-dealkylation sites (tertiary alicyclic amines) is 2. The molecule has 0 N–H and O–H groups in total. The molecule has 0 radical (unpaired) electrons. The van der Waals surface area contributed by atoms with Gasteiger partial charge in [-0.2, -0.15) is 13.2 Å². The van der Waals surface area contributed by atoms with Crippen molar-refractivity contribution in [3.63, 3.8) is 0 Å². The van der Waals surface area contributed by atoms with Crippen LogP contribution in [-0.4, -0.2) is 86.7 Å². The maximum atomic E-state index is 13.2. The molecule has 0 aromatic rings. The summed E-state index contributed by atoms with van der Waals surface area (Å²) in [7, 11) is -1.51. The van der Waals surface area contributed by atoms with Gasteiger partial charge in [0, 0.05) is 53.2 Å². The smallest absolute Gasteiger partial charge is 0.341 e. The highest BCUT2D eigenvalue weighted by molar-refractivity contribution is 7.89. The lowest BCUT2D eigenvalue weighted by atomic mass is 10.1. The number of nitrogens with zero attached hydrogens (tertiary/aromatic N) is 3. The van der Waals surface area contributed by atoms with Gasteiger partial charge < -0.3 is 4.90 Å². The Kier molecular flexibility index (Phi) is 5.27. The highest BCUT2D eigenvalue weighted by Crippen LogP contribution is 2.37. The summed E-state index contributed by atoms with van der Waals surface area (Å²) >= 11 is 0. The minimum Gasteiger partial charge on any atom is -0.341 e. The molecule has 0 aromatic heterocycles. The lowest BCUT2D eigenvalue weighted by Crippen LogP contribution is -2.43. The molecule has 2 rings (SSSR count). The quantitative estimate of drug-likeness (QED) is 0.713. The van der Waals surface area contributed by atoms with Gasteiger partial charge >= 0.3 is 6.18 Å². The lowest BCUT2D eigenvalue weighted by Gasteiger charge is -2.24. The van der Waals surface area contributed by atoms with Crippen LogP contribution in [0.3, 0.4) is 0 Å². The van der Waals surface area contributed by atoms with E-state index in [-0.39, 0.29) is 25.5 Å². The van der Waals surface area contributed by atoms with E-state index in [4.69, 9.17) is 0 Å². The fraction of sp³-hybridized carbons (Fsp3) is 0.923. The molecular formula is C13H22F3N3O3S. The average Bonchev–Trinajstić information content (AvgIpc) is 3.02. The Labute approximate surface area is 134 Å². The zero-order valence-corrected chi connectivity index (χ0v) is 14.0. The van der Waals surface area contributed by atoms with Gasteiger partial charge in [-0.15, -0.1) is 0 Å². The summed E-state index contributed by atoms with van der Waals surface area (Å²) in [5.74, 6) is -1.89. The monoisotopic (exact) mass is 357 g/mol. The standard InChI is InChI=1S/C13H22F3N3O3S/c1-17(2)23(21,22)11-9-18(8-10(11)13(14,15)16)6-7-19-5-3-4-12(19)20/h10-11H,3-9H2,1-2H3/t10-,11-/m1/s1.